The summed E-state index contributed by atoms with van der Waals surface area (Å²) in [5.41, 5.74) is 1.95. The van der Waals surface area contributed by atoms with Gasteiger partial charge in [-0.05, 0) is 37.8 Å². The molecule has 120 valence electrons. The lowest BCUT2D eigenvalue weighted by atomic mass is 10.1. The van der Waals surface area contributed by atoms with Gasteiger partial charge in [-0.25, -0.2) is 0 Å². The summed E-state index contributed by atoms with van der Waals surface area (Å²) in [6, 6.07) is 4.23. The quantitative estimate of drug-likeness (QED) is 0.905. The molecule has 5 heteroatoms. The van der Waals surface area contributed by atoms with Gasteiger partial charge >= 0.3 is 0 Å². The first-order chi connectivity index (χ1) is 10.6. The van der Waals surface area contributed by atoms with Crippen LogP contribution in [0.25, 0.3) is 0 Å². The number of piperazine rings is 1. The van der Waals surface area contributed by atoms with Crippen molar-refractivity contribution in [1.82, 2.24) is 14.8 Å². The molecule has 2 heterocycles. The molecular formula is C17H25N3O2. The number of nitrogens with zero attached hydrogens (tertiary/aromatic N) is 3. The monoisotopic (exact) mass is 303 g/mol. The van der Waals surface area contributed by atoms with E-state index in [-0.39, 0.29) is 12.0 Å². The van der Waals surface area contributed by atoms with E-state index in [4.69, 9.17) is 0 Å². The molecule has 1 N–H and O–H groups in total. The zero-order valence-corrected chi connectivity index (χ0v) is 13.2. The standard InChI is InChI=1S/C17H25N3O2/c1-13-5-6-14(12-18-13)11-17(22)20-9-7-19(8-10-20)15-3-2-4-16(15)21/h5-6,12,15-16,21H,2-4,7-11H2,1H3/t15-,16+/m1/s1. The highest BCUT2D eigenvalue weighted by molar-refractivity contribution is 5.78. The van der Waals surface area contributed by atoms with Crippen LogP contribution in [0.1, 0.15) is 30.5 Å². The minimum Gasteiger partial charge on any atom is -0.391 e. The first-order valence-corrected chi connectivity index (χ1v) is 8.25. The number of aliphatic hydroxyl groups is 1. The molecule has 1 aliphatic carbocycles. The first-order valence-electron chi connectivity index (χ1n) is 8.25. The van der Waals surface area contributed by atoms with Crippen LogP contribution in [0.5, 0.6) is 0 Å². The molecule has 1 saturated heterocycles. The fraction of sp³-hybridized carbons (Fsp3) is 0.647. The van der Waals surface area contributed by atoms with Gasteiger partial charge in [-0.15, -0.1) is 0 Å². The van der Waals surface area contributed by atoms with E-state index in [1.807, 2.05) is 24.0 Å². The van der Waals surface area contributed by atoms with Crippen molar-refractivity contribution in [3.05, 3.63) is 29.6 Å². The Labute approximate surface area is 131 Å². The molecule has 0 unspecified atom stereocenters. The van der Waals surface area contributed by atoms with Crippen molar-refractivity contribution in [3.8, 4) is 0 Å². The number of pyridine rings is 1. The Bertz CT molecular complexity index is 509. The Kier molecular flexibility index (Phi) is 4.74. The number of carbonyl (C=O) groups is 1. The van der Waals surface area contributed by atoms with Crippen LogP contribution >= 0.6 is 0 Å². The SMILES string of the molecule is Cc1ccc(CC(=O)N2CCN([C@@H]3CCC[C@@H]3O)CC2)cn1. The summed E-state index contributed by atoms with van der Waals surface area (Å²) in [4.78, 5) is 20.9. The maximum absolute atomic E-state index is 12.4. The zero-order chi connectivity index (χ0) is 15.5. The van der Waals surface area contributed by atoms with Gasteiger partial charge < -0.3 is 10.0 Å². The van der Waals surface area contributed by atoms with Gasteiger partial charge in [0, 0.05) is 44.1 Å². The summed E-state index contributed by atoms with van der Waals surface area (Å²) < 4.78 is 0. The van der Waals surface area contributed by atoms with Gasteiger partial charge in [0.2, 0.25) is 5.91 Å². The molecule has 0 radical (unpaired) electrons. The highest BCUT2D eigenvalue weighted by atomic mass is 16.3. The average Bonchev–Trinajstić information content (AvgIpc) is 2.96. The van der Waals surface area contributed by atoms with E-state index < -0.39 is 0 Å². The van der Waals surface area contributed by atoms with Gasteiger partial charge in [0.25, 0.3) is 0 Å². The van der Waals surface area contributed by atoms with Gasteiger partial charge in [-0.2, -0.15) is 0 Å². The summed E-state index contributed by atoms with van der Waals surface area (Å²) >= 11 is 0. The third-order valence-corrected chi connectivity index (χ3v) is 4.91. The number of aryl methyl sites for hydroxylation is 1. The van der Waals surface area contributed by atoms with E-state index in [0.717, 1.165) is 56.7 Å². The smallest absolute Gasteiger partial charge is 0.227 e. The van der Waals surface area contributed by atoms with Crippen molar-refractivity contribution in [1.29, 1.82) is 0 Å². The van der Waals surface area contributed by atoms with Crippen molar-refractivity contribution >= 4 is 5.91 Å². The Morgan fingerprint density at radius 1 is 1.27 bits per heavy atom. The van der Waals surface area contributed by atoms with Crippen molar-refractivity contribution < 1.29 is 9.90 Å². The molecule has 1 amide bonds. The molecule has 1 saturated carbocycles. The third-order valence-electron chi connectivity index (χ3n) is 4.91. The van der Waals surface area contributed by atoms with Gasteiger partial charge in [0.1, 0.15) is 0 Å². The molecule has 0 spiro atoms. The van der Waals surface area contributed by atoms with Crippen LogP contribution < -0.4 is 0 Å². The molecule has 5 nitrogen and oxygen atoms in total. The Balaban J connectivity index is 1.50. The molecule has 2 fully saturated rings. The van der Waals surface area contributed by atoms with Crippen LogP contribution in [-0.2, 0) is 11.2 Å². The van der Waals surface area contributed by atoms with Gasteiger partial charge in [-0.3, -0.25) is 14.7 Å². The highest BCUT2D eigenvalue weighted by Gasteiger charge is 2.33. The molecule has 3 rings (SSSR count). The molecule has 2 aliphatic rings. The lowest BCUT2D eigenvalue weighted by Crippen LogP contribution is -2.53. The van der Waals surface area contributed by atoms with Gasteiger partial charge in [0.05, 0.1) is 12.5 Å². The maximum atomic E-state index is 12.4. The van der Waals surface area contributed by atoms with Gasteiger partial charge in [-0.1, -0.05) is 6.07 Å². The molecule has 1 aromatic heterocycles. The molecule has 22 heavy (non-hydrogen) atoms. The second-order valence-corrected chi connectivity index (χ2v) is 6.47. The van der Waals surface area contributed by atoms with E-state index in [2.05, 4.69) is 9.88 Å². The first kappa shape index (κ1) is 15.4. The zero-order valence-electron chi connectivity index (χ0n) is 13.2. The maximum Gasteiger partial charge on any atom is 0.227 e. The normalized spacial score (nSPS) is 26.4. The molecule has 2 atom stereocenters. The summed E-state index contributed by atoms with van der Waals surface area (Å²) in [6.07, 6.45) is 5.16. The fourth-order valence-electron chi connectivity index (χ4n) is 3.54. The van der Waals surface area contributed by atoms with Crippen LogP contribution in [0.4, 0.5) is 0 Å². The number of carbonyl (C=O) groups excluding carboxylic acids is 1. The second kappa shape index (κ2) is 6.75. The summed E-state index contributed by atoms with van der Waals surface area (Å²) in [5, 5.41) is 10.0. The Morgan fingerprint density at radius 2 is 2.05 bits per heavy atom. The predicted octanol–water partition coefficient (Wildman–Crippen LogP) is 0.990. The lowest BCUT2D eigenvalue weighted by Gasteiger charge is -2.39. The number of hydrogen-bond acceptors (Lipinski definition) is 4. The van der Waals surface area contributed by atoms with E-state index >= 15 is 0 Å². The second-order valence-electron chi connectivity index (χ2n) is 6.47. The van der Waals surface area contributed by atoms with Crippen molar-refractivity contribution in [2.24, 2.45) is 0 Å². The van der Waals surface area contributed by atoms with E-state index in [0.29, 0.717) is 12.5 Å². The number of rotatable bonds is 3. The van der Waals surface area contributed by atoms with Crippen LogP contribution in [-0.4, -0.2) is 64.1 Å². The van der Waals surface area contributed by atoms with Crippen LogP contribution in [0.3, 0.4) is 0 Å². The topological polar surface area (TPSA) is 56.7 Å². The Hall–Kier alpha value is -1.46. The predicted molar refractivity (Wildman–Crippen MR) is 84.5 cm³/mol. The van der Waals surface area contributed by atoms with Crippen LogP contribution in [0, 0.1) is 6.92 Å². The molecular weight excluding hydrogens is 278 g/mol. The minimum absolute atomic E-state index is 0.178. The minimum atomic E-state index is -0.180. The van der Waals surface area contributed by atoms with Crippen LogP contribution in [0.2, 0.25) is 0 Å². The lowest BCUT2D eigenvalue weighted by molar-refractivity contribution is -0.132. The number of amides is 1. The van der Waals surface area contributed by atoms with E-state index in [9.17, 15) is 9.90 Å². The third kappa shape index (κ3) is 3.47. The Morgan fingerprint density at radius 3 is 2.64 bits per heavy atom. The fourth-order valence-corrected chi connectivity index (χ4v) is 3.54. The number of hydrogen-bond donors (Lipinski definition) is 1. The van der Waals surface area contributed by atoms with Crippen LogP contribution in [0.15, 0.2) is 18.3 Å². The largest absolute Gasteiger partial charge is 0.391 e. The van der Waals surface area contributed by atoms with Crippen molar-refractivity contribution in [2.45, 2.75) is 44.8 Å². The summed E-state index contributed by atoms with van der Waals surface area (Å²) in [5.74, 6) is 0.178. The molecule has 0 aromatic carbocycles. The van der Waals surface area contributed by atoms with E-state index in [1.54, 1.807) is 6.20 Å². The summed E-state index contributed by atoms with van der Waals surface area (Å²) in [7, 11) is 0. The van der Waals surface area contributed by atoms with Crippen molar-refractivity contribution in [2.75, 3.05) is 26.2 Å². The molecule has 1 aromatic rings. The van der Waals surface area contributed by atoms with Crippen molar-refractivity contribution in [3.63, 3.8) is 0 Å². The van der Waals surface area contributed by atoms with E-state index in [1.165, 1.54) is 0 Å². The average molecular weight is 303 g/mol. The molecule has 0 bridgehead atoms. The molecule has 1 aliphatic heterocycles. The van der Waals surface area contributed by atoms with Gasteiger partial charge in [0.15, 0.2) is 0 Å². The summed E-state index contributed by atoms with van der Waals surface area (Å²) in [6.45, 7) is 5.23. The number of aliphatic hydroxyl groups excluding tert-OH is 1. The highest BCUT2D eigenvalue weighted by Crippen LogP contribution is 2.25. The number of aromatic nitrogens is 1.